The molecule has 0 aliphatic heterocycles. The molecule has 2 rings (SSSR count). The number of fused-ring (bicyclic) bond motifs is 1. The van der Waals surface area contributed by atoms with E-state index in [9.17, 15) is 4.79 Å². The maximum Gasteiger partial charge on any atom is 0.151 e. The molecular formula is C10H8OS2. The van der Waals surface area contributed by atoms with Crippen molar-refractivity contribution in [1.29, 1.82) is 0 Å². The first kappa shape index (κ1) is 8.78. The Morgan fingerprint density at radius 2 is 2.23 bits per heavy atom. The summed E-state index contributed by atoms with van der Waals surface area (Å²) in [4.78, 5) is 11.5. The summed E-state index contributed by atoms with van der Waals surface area (Å²) in [5.74, 6) is 0. The van der Waals surface area contributed by atoms with Crippen LogP contribution >= 0.6 is 24.0 Å². The minimum atomic E-state index is 0.664. The normalized spacial score (nSPS) is 10.6. The first-order chi connectivity index (χ1) is 6.24. The number of benzene rings is 1. The van der Waals surface area contributed by atoms with Crippen molar-refractivity contribution in [3.8, 4) is 0 Å². The van der Waals surface area contributed by atoms with Gasteiger partial charge in [0.25, 0.3) is 0 Å². The Labute approximate surface area is 85.8 Å². The summed E-state index contributed by atoms with van der Waals surface area (Å²) in [5, 5.41) is 3.19. The molecule has 0 atom stereocenters. The highest BCUT2D eigenvalue weighted by Gasteiger charge is 2.07. The monoisotopic (exact) mass is 208 g/mol. The number of hydrogen-bond acceptors (Lipinski definition) is 3. The number of thiophene rings is 1. The molecule has 0 saturated heterocycles. The van der Waals surface area contributed by atoms with Crippen LogP contribution in [-0.2, 0) is 0 Å². The average Bonchev–Trinajstić information content (AvgIpc) is 2.49. The van der Waals surface area contributed by atoms with Crippen LogP contribution in [0.2, 0.25) is 0 Å². The zero-order chi connectivity index (χ0) is 9.42. The van der Waals surface area contributed by atoms with Crippen LogP contribution < -0.4 is 0 Å². The van der Waals surface area contributed by atoms with E-state index in [2.05, 4.69) is 18.0 Å². The summed E-state index contributed by atoms with van der Waals surface area (Å²) in [6.45, 7) is 2.03. The second-order valence-electron chi connectivity index (χ2n) is 2.91. The molecule has 1 nitrogen and oxygen atoms in total. The van der Waals surface area contributed by atoms with E-state index >= 15 is 0 Å². The van der Waals surface area contributed by atoms with E-state index < -0.39 is 0 Å². The maximum absolute atomic E-state index is 10.7. The van der Waals surface area contributed by atoms with Gasteiger partial charge in [-0.05, 0) is 30.0 Å². The van der Waals surface area contributed by atoms with Crippen LogP contribution in [0.15, 0.2) is 22.4 Å². The van der Waals surface area contributed by atoms with Gasteiger partial charge in [-0.3, -0.25) is 4.79 Å². The summed E-state index contributed by atoms with van der Waals surface area (Å²) in [6, 6.07) is 3.78. The molecule has 0 unspecified atom stereocenters. The first-order valence-corrected chi connectivity index (χ1v) is 5.21. The van der Waals surface area contributed by atoms with Gasteiger partial charge in [0.15, 0.2) is 6.29 Å². The SMILES string of the molecule is Cc1csc2ccc(C=O)c(S)c12. The minimum absolute atomic E-state index is 0.664. The number of carbonyl (C=O) groups excluding carboxylic acids is 1. The van der Waals surface area contributed by atoms with Crippen molar-refractivity contribution in [3.63, 3.8) is 0 Å². The van der Waals surface area contributed by atoms with E-state index in [1.54, 1.807) is 11.3 Å². The van der Waals surface area contributed by atoms with Gasteiger partial charge >= 0.3 is 0 Å². The molecule has 13 heavy (non-hydrogen) atoms. The Morgan fingerprint density at radius 3 is 2.92 bits per heavy atom. The molecule has 0 N–H and O–H groups in total. The number of aryl methyl sites for hydroxylation is 1. The summed E-state index contributed by atoms with van der Waals surface area (Å²) in [5.41, 5.74) is 1.85. The fraction of sp³-hybridized carbons (Fsp3) is 0.100. The zero-order valence-electron chi connectivity index (χ0n) is 7.07. The molecule has 1 heterocycles. The van der Waals surface area contributed by atoms with E-state index in [-0.39, 0.29) is 0 Å². The van der Waals surface area contributed by atoms with Crippen molar-refractivity contribution in [2.45, 2.75) is 11.8 Å². The van der Waals surface area contributed by atoms with Gasteiger partial charge in [-0.2, -0.15) is 0 Å². The van der Waals surface area contributed by atoms with Crippen molar-refractivity contribution in [2.24, 2.45) is 0 Å². The smallest absolute Gasteiger partial charge is 0.151 e. The molecule has 0 aliphatic rings. The molecule has 0 amide bonds. The van der Waals surface area contributed by atoms with Crippen molar-refractivity contribution >= 4 is 40.3 Å². The first-order valence-electron chi connectivity index (χ1n) is 3.89. The molecule has 1 aromatic heterocycles. The molecule has 1 aromatic carbocycles. The van der Waals surface area contributed by atoms with Gasteiger partial charge in [-0.1, -0.05) is 0 Å². The Hall–Kier alpha value is -0.800. The standard InChI is InChI=1S/C10H8OS2/c1-6-5-13-8-3-2-7(4-11)10(12)9(6)8/h2-5,12H,1H3. The Kier molecular flexibility index (Phi) is 2.14. The molecule has 0 fully saturated rings. The molecule has 0 aliphatic carbocycles. The van der Waals surface area contributed by atoms with Crippen molar-refractivity contribution in [2.75, 3.05) is 0 Å². The lowest BCUT2D eigenvalue weighted by molar-refractivity contribution is 0.112. The average molecular weight is 208 g/mol. The van der Waals surface area contributed by atoms with E-state index in [0.717, 1.165) is 16.6 Å². The van der Waals surface area contributed by atoms with E-state index in [1.807, 2.05) is 19.1 Å². The van der Waals surface area contributed by atoms with Gasteiger partial charge in [0.2, 0.25) is 0 Å². The topological polar surface area (TPSA) is 17.1 Å². The van der Waals surface area contributed by atoms with Crippen LogP contribution in [-0.4, -0.2) is 6.29 Å². The number of aldehydes is 1. The Bertz CT molecular complexity index is 471. The second-order valence-corrected chi connectivity index (χ2v) is 4.27. The lowest BCUT2D eigenvalue weighted by Crippen LogP contribution is -1.83. The fourth-order valence-corrected chi connectivity index (χ4v) is 2.82. The van der Waals surface area contributed by atoms with Gasteiger partial charge in [0.05, 0.1) is 0 Å². The second kappa shape index (κ2) is 3.16. The highest BCUT2D eigenvalue weighted by Crippen LogP contribution is 2.32. The van der Waals surface area contributed by atoms with Gasteiger partial charge < -0.3 is 0 Å². The lowest BCUT2D eigenvalue weighted by Gasteiger charge is -1.99. The molecule has 0 bridgehead atoms. The van der Waals surface area contributed by atoms with Crippen LogP contribution in [0.25, 0.3) is 10.1 Å². The van der Waals surface area contributed by atoms with Gasteiger partial charge in [0.1, 0.15) is 0 Å². The predicted octanol–water partition coefficient (Wildman–Crippen LogP) is 3.31. The number of thiol groups is 1. The van der Waals surface area contributed by atoms with Crippen LogP contribution in [0, 0.1) is 6.92 Å². The highest BCUT2D eigenvalue weighted by atomic mass is 32.1. The number of rotatable bonds is 1. The fourth-order valence-electron chi connectivity index (χ4n) is 1.37. The Balaban J connectivity index is 2.91. The number of carbonyl (C=O) groups is 1. The molecule has 66 valence electrons. The quantitative estimate of drug-likeness (QED) is 0.562. The van der Waals surface area contributed by atoms with Crippen LogP contribution in [0.1, 0.15) is 15.9 Å². The van der Waals surface area contributed by atoms with Crippen LogP contribution in [0.4, 0.5) is 0 Å². The van der Waals surface area contributed by atoms with Crippen LogP contribution in [0.3, 0.4) is 0 Å². The third-order valence-corrected chi connectivity index (χ3v) is 3.60. The summed E-state index contributed by atoms with van der Waals surface area (Å²) < 4.78 is 1.19. The van der Waals surface area contributed by atoms with Crippen molar-refractivity contribution < 1.29 is 4.79 Å². The molecule has 2 aromatic rings. The van der Waals surface area contributed by atoms with E-state index in [0.29, 0.717) is 5.56 Å². The molecule has 0 spiro atoms. The van der Waals surface area contributed by atoms with Crippen molar-refractivity contribution in [3.05, 3.63) is 28.6 Å². The summed E-state index contributed by atoms with van der Waals surface area (Å²) >= 11 is 6.04. The summed E-state index contributed by atoms with van der Waals surface area (Å²) in [7, 11) is 0. The third-order valence-electron chi connectivity index (χ3n) is 2.05. The maximum atomic E-state index is 10.7. The van der Waals surface area contributed by atoms with E-state index in [1.165, 1.54) is 10.3 Å². The predicted molar refractivity (Wildman–Crippen MR) is 59.2 cm³/mol. The summed E-state index contributed by atoms with van der Waals surface area (Å²) in [6.07, 6.45) is 0.846. The van der Waals surface area contributed by atoms with Gasteiger partial charge in [0, 0.05) is 20.5 Å². The van der Waals surface area contributed by atoms with Crippen molar-refractivity contribution in [1.82, 2.24) is 0 Å². The third kappa shape index (κ3) is 1.28. The van der Waals surface area contributed by atoms with Gasteiger partial charge in [-0.15, -0.1) is 24.0 Å². The molecule has 0 radical (unpaired) electrons. The molecule has 0 saturated carbocycles. The molecule has 3 heteroatoms. The largest absolute Gasteiger partial charge is 0.298 e. The highest BCUT2D eigenvalue weighted by molar-refractivity contribution is 7.80. The zero-order valence-corrected chi connectivity index (χ0v) is 8.78. The lowest BCUT2D eigenvalue weighted by atomic mass is 10.1. The number of hydrogen-bond donors (Lipinski definition) is 1. The van der Waals surface area contributed by atoms with Crippen LogP contribution in [0.5, 0.6) is 0 Å². The van der Waals surface area contributed by atoms with Gasteiger partial charge in [-0.25, -0.2) is 0 Å². The van der Waals surface area contributed by atoms with E-state index in [4.69, 9.17) is 0 Å². The molecular weight excluding hydrogens is 200 g/mol. The Morgan fingerprint density at radius 1 is 1.46 bits per heavy atom. The minimum Gasteiger partial charge on any atom is -0.298 e.